The molecule has 5 heteroatoms. The maximum atomic E-state index is 13.4. The molecule has 0 fully saturated rings. The first-order chi connectivity index (χ1) is 9.79. The van der Waals surface area contributed by atoms with E-state index in [1.165, 1.54) is 12.1 Å². The van der Waals surface area contributed by atoms with Crippen molar-refractivity contribution in [2.75, 3.05) is 0 Å². The van der Waals surface area contributed by atoms with Crippen LogP contribution in [0.3, 0.4) is 0 Å². The standard InChI is InChI=1S/C15H13FN4/c16-12-6-4-5-11(9-12)15-14(10-17)18-19-20(15)13-7-2-1-3-8-13/h1-9H,10,17H2. The van der Waals surface area contributed by atoms with E-state index >= 15 is 0 Å². The smallest absolute Gasteiger partial charge is 0.123 e. The zero-order chi connectivity index (χ0) is 13.9. The van der Waals surface area contributed by atoms with Gasteiger partial charge >= 0.3 is 0 Å². The number of nitrogens with two attached hydrogens (primary N) is 1. The molecule has 4 nitrogen and oxygen atoms in total. The summed E-state index contributed by atoms with van der Waals surface area (Å²) in [5, 5.41) is 8.21. The van der Waals surface area contributed by atoms with Crippen molar-refractivity contribution in [3.63, 3.8) is 0 Å². The Bertz CT molecular complexity index is 722. The van der Waals surface area contributed by atoms with Crippen LogP contribution in [0.4, 0.5) is 4.39 Å². The summed E-state index contributed by atoms with van der Waals surface area (Å²) in [5.74, 6) is -0.300. The van der Waals surface area contributed by atoms with E-state index in [-0.39, 0.29) is 12.4 Å². The molecular formula is C15H13FN4. The third kappa shape index (κ3) is 2.19. The van der Waals surface area contributed by atoms with Crippen molar-refractivity contribution in [3.05, 3.63) is 66.1 Å². The summed E-state index contributed by atoms with van der Waals surface area (Å²) in [6.07, 6.45) is 0. The molecule has 0 aliphatic rings. The molecule has 2 aromatic carbocycles. The van der Waals surface area contributed by atoms with Gasteiger partial charge in [0.2, 0.25) is 0 Å². The lowest BCUT2D eigenvalue weighted by Crippen LogP contribution is -2.02. The van der Waals surface area contributed by atoms with Crippen molar-refractivity contribution in [1.29, 1.82) is 0 Å². The maximum Gasteiger partial charge on any atom is 0.123 e. The number of aromatic nitrogens is 3. The average Bonchev–Trinajstić information content (AvgIpc) is 2.92. The number of rotatable bonds is 3. The second-order valence-electron chi connectivity index (χ2n) is 4.35. The summed E-state index contributed by atoms with van der Waals surface area (Å²) in [6, 6.07) is 15.9. The van der Waals surface area contributed by atoms with E-state index in [0.717, 1.165) is 11.4 Å². The zero-order valence-electron chi connectivity index (χ0n) is 10.7. The molecule has 100 valence electrons. The SMILES string of the molecule is NCc1nnn(-c2ccccc2)c1-c1cccc(F)c1. The van der Waals surface area contributed by atoms with Gasteiger partial charge in [-0.2, -0.15) is 0 Å². The van der Waals surface area contributed by atoms with Crippen LogP contribution in [-0.2, 0) is 6.54 Å². The van der Waals surface area contributed by atoms with E-state index in [4.69, 9.17) is 5.73 Å². The molecule has 0 spiro atoms. The Morgan fingerprint density at radius 1 is 1.05 bits per heavy atom. The number of hydrogen-bond acceptors (Lipinski definition) is 3. The van der Waals surface area contributed by atoms with Crippen molar-refractivity contribution >= 4 is 0 Å². The monoisotopic (exact) mass is 268 g/mol. The first-order valence-corrected chi connectivity index (χ1v) is 6.25. The molecule has 0 bridgehead atoms. The van der Waals surface area contributed by atoms with Gasteiger partial charge in [0.1, 0.15) is 11.5 Å². The molecule has 0 unspecified atom stereocenters. The summed E-state index contributed by atoms with van der Waals surface area (Å²) in [5.41, 5.74) is 8.63. The highest BCUT2D eigenvalue weighted by Crippen LogP contribution is 2.25. The first kappa shape index (κ1) is 12.5. The summed E-state index contributed by atoms with van der Waals surface area (Å²) < 4.78 is 15.1. The van der Waals surface area contributed by atoms with Gasteiger partial charge in [0.25, 0.3) is 0 Å². The van der Waals surface area contributed by atoms with E-state index < -0.39 is 0 Å². The van der Waals surface area contributed by atoms with Crippen molar-refractivity contribution in [1.82, 2.24) is 15.0 Å². The summed E-state index contributed by atoms with van der Waals surface area (Å²) in [6.45, 7) is 0.249. The van der Waals surface area contributed by atoms with Crippen LogP contribution in [0.2, 0.25) is 0 Å². The largest absolute Gasteiger partial charge is 0.325 e. The van der Waals surface area contributed by atoms with Gasteiger partial charge < -0.3 is 5.73 Å². The number of nitrogens with zero attached hydrogens (tertiary/aromatic N) is 3. The molecule has 0 radical (unpaired) electrons. The van der Waals surface area contributed by atoms with Crippen LogP contribution in [0.15, 0.2) is 54.6 Å². The minimum Gasteiger partial charge on any atom is -0.325 e. The Balaban J connectivity index is 2.21. The molecule has 1 aromatic heterocycles. The van der Waals surface area contributed by atoms with E-state index in [1.54, 1.807) is 10.7 Å². The fourth-order valence-corrected chi connectivity index (χ4v) is 2.13. The molecule has 0 aliphatic heterocycles. The highest BCUT2D eigenvalue weighted by Gasteiger charge is 2.15. The topological polar surface area (TPSA) is 56.7 Å². The molecule has 1 heterocycles. The summed E-state index contributed by atoms with van der Waals surface area (Å²) in [7, 11) is 0. The van der Waals surface area contributed by atoms with E-state index in [0.29, 0.717) is 11.3 Å². The Morgan fingerprint density at radius 2 is 1.85 bits per heavy atom. The number of hydrogen-bond donors (Lipinski definition) is 1. The molecule has 0 atom stereocenters. The fourth-order valence-electron chi connectivity index (χ4n) is 2.13. The zero-order valence-corrected chi connectivity index (χ0v) is 10.7. The molecule has 0 amide bonds. The highest BCUT2D eigenvalue weighted by atomic mass is 19.1. The Morgan fingerprint density at radius 3 is 2.55 bits per heavy atom. The minimum atomic E-state index is -0.300. The predicted octanol–water partition coefficient (Wildman–Crippen LogP) is 2.53. The maximum absolute atomic E-state index is 13.4. The third-order valence-corrected chi connectivity index (χ3v) is 3.03. The highest BCUT2D eigenvalue weighted by molar-refractivity contribution is 5.64. The van der Waals surface area contributed by atoms with Crippen LogP contribution in [0.5, 0.6) is 0 Å². The average molecular weight is 268 g/mol. The molecule has 0 saturated carbocycles. The van der Waals surface area contributed by atoms with E-state index in [9.17, 15) is 4.39 Å². The number of benzene rings is 2. The molecule has 3 aromatic rings. The number of para-hydroxylation sites is 1. The first-order valence-electron chi connectivity index (χ1n) is 6.25. The van der Waals surface area contributed by atoms with Gasteiger partial charge in [-0.1, -0.05) is 35.5 Å². The lowest BCUT2D eigenvalue weighted by Gasteiger charge is -2.08. The van der Waals surface area contributed by atoms with Gasteiger partial charge in [-0.15, -0.1) is 5.10 Å². The Hall–Kier alpha value is -2.53. The van der Waals surface area contributed by atoms with Crippen molar-refractivity contribution in [2.45, 2.75) is 6.54 Å². The minimum absolute atomic E-state index is 0.249. The van der Waals surface area contributed by atoms with Crippen molar-refractivity contribution < 1.29 is 4.39 Å². The van der Waals surface area contributed by atoms with Crippen LogP contribution in [0.1, 0.15) is 5.69 Å². The lowest BCUT2D eigenvalue weighted by atomic mass is 10.1. The van der Waals surface area contributed by atoms with E-state index in [2.05, 4.69) is 10.3 Å². The van der Waals surface area contributed by atoms with Crippen LogP contribution in [0.25, 0.3) is 16.9 Å². The van der Waals surface area contributed by atoms with Gasteiger partial charge in [0.15, 0.2) is 0 Å². The molecule has 2 N–H and O–H groups in total. The lowest BCUT2D eigenvalue weighted by molar-refractivity contribution is 0.628. The van der Waals surface area contributed by atoms with Crippen molar-refractivity contribution in [3.8, 4) is 16.9 Å². The van der Waals surface area contributed by atoms with Gasteiger partial charge in [-0.25, -0.2) is 9.07 Å². The Kier molecular flexibility index (Phi) is 3.26. The van der Waals surface area contributed by atoms with E-state index in [1.807, 2.05) is 36.4 Å². The predicted molar refractivity (Wildman–Crippen MR) is 74.6 cm³/mol. The molecule has 20 heavy (non-hydrogen) atoms. The second-order valence-corrected chi connectivity index (χ2v) is 4.35. The van der Waals surface area contributed by atoms with Crippen LogP contribution >= 0.6 is 0 Å². The quantitative estimate of drug-likeness (QED) is 0.794. The second kappa shape index (κ2) is 5.22. The van der Waals surface area contributed by atoms with Crippen LogP contribution in [0, 0.1) is 5.82 Å². The molecule has 0 aliphatic carbocycles. The molecule has 3 rings (SSSR count). The van der Waals surface area contributed by atoms with Gasteiger partial charge in [-0.05, 0) is 24.3 Å². The fraction of sp³-hybridized carbons (Fsp3) is 0.0667. The van der Waals surface area contributed by atoms with Gasteiger partial charge in [0.05, 0.1) is 11.4 Å². The number of halogens is 1. The summed E-state index contributed by atoms with van der Waals surface area (Å²) in [4.78, 5) is 0. The summed E-state index contributed by atoms with van der Waals surface area (Å²) >= 11 is 0. The molecule has 0 saturated heterocycles. The third-order valence-electron chi connectivity index (χ3n) is 3.03. The van der Waals surface area contributed by atoms with Gasteiger partial charge in [-0.3, -0.25) is 0 Å². The Labute approximate surface area is 115 Å². The molecular weight excluding hydrogens is 255 g/mol. The van der Waals surface area contributed by atoms with Crippen LogP contribution < -0.4 is 5.73 Å². The van der Waals surface area contributed by atoms with Crippen molar-refractivity contribution in [2.24, 2.45) is 5.73 Å². The van der Waals surface area contributed by atoms with Crippen LogP contribution in [-0.4, -0.2) is 15.0 Å². The van der Waals surface area contributed by atoms with Gasteiger partial charge in [0, 0.05) is 12.1 Å². The normalized spacial score (nSPS) is 10.7.